The van der Waals surface area contributed by atoms with Crippen LogP contribution in [0.15, 0.2) is 18.2 Å². The van der Waals surface area contributed by atoms with Crippen LogP contribution in [0.5, 0.6) is 5.75 Å². The average Bonchev–Trinajstić information content (AvgIpc) is 2.73. The van der Waals surface area contributed by atoms with E-state index in [-0.39, 0.29) is 22.7 Å². The lowest BCUT2D eigenvalue weighted by Gasteiger charge is -2.37. The standard InChI is InChI=1S/C21H30O9/c1-2-3-4-5-6-7-14(22)12-8-9-15(23)13(10-12)20(27)29-11-16-17(24)18(25)19(26)21(28)30-16/h8-10,16-19,21,23-26,28H,2-7,11H2,1H3. The minimum Gasteiger partial charge on any atom is -0.507 e. The number of Topliss-reactive ketones (excluding diaryl/α,β-unsaturated/α-hetero) is 1. The summed E-state index contributed by atoms with van der Waals surface area (Å²) < 4.78 is 9.95. The van der Waals surface area contributed by atoms with Crippen LogP contribution in [0.3, 0.4) is 0 Å². The Morgan fingerprint density at radius 2 is 1.70 bits per heavy atom. The van der Waals surface area contributed by atoms with Gasteiger partial charge in [0.15, 0.2) is 12.1 Å². The number of aliphatic hydroxyl groups excluding tert-OH is 4. The molecule has 5 N–H and O–H groups in total. The van der Waals surface area contributed by atoms with Crippen molar-refractivity contribution in [3.63, 3.8) is 0 Å². The topological polar surface area (TPSA) is 154 Å². The summed E-state index contributed by atoms with van der Waals surface area (Å²) in [5, 5.41) is 48.5. The molecule has 0 aliphatic carbocycles. The summed E-state index contributed by atoms with van der Waals surface area (Å²) in [4.78, 5) is 24.7. The highest BCUT2D eigenvalue weighted by Crippen LogP contribution is 2.23. The second-order valence-electron chi connectivity index (χ2n) is 7.45. The first-order chi connectivity index (χ1) is 14.3. The molecule has 0 aromatic heterocycles. The molecule has 0 amide bonds. The Labute approximate surface area is 174 Å². The summed E-state index contributed by atoms with van der Waals surface area (Å²) in [5.41, 5.74) is 0.0522. The molecule has 9 heteroatoms. The van der Waals surface area contributed by atoms with Crippen LogP contribution < -0.4 is 0 Å². The molecule has 1 heterocycles. The zero-order valence-corrected chi connectivity index (χ0v) is 16.9. The van der Waals surface area contributed by atoms with Gasteiger partial charge in [0.25, 0.3) is 0 Å². The number of carbonyl (C=O) groups is 2. The van der Waals surface area contributed by atoms with Gasteiger partial charge in [-0.1, -0.05) is 32.6 Å². The van der Waals surface area contributed by atoms with E-state index in [0.29, 0.717) is 6.42 Å². The molecule has 1 aromatic rings. The molecule has 1 aliphatic heterocycles. The Balaban J connectivity index is 1.95. The van der Waals surface area contributed by atoms with Gasteiger partial charge in [-0.25, -0.2) is 4.79 Å². The van der Waals surface area contributed by atoms with Gasteiger partial charge in [-0.05, 0) is 24.6 Å². The number of ketones is 1. The second kappa shape index (κ2) is 11.4. The van der Waals surface area contributed by atoms with Gasteiger partial charge in [-0.2, -0.15) is 0 Å². The number of aliphatic hydroxyl groups is 4. The van der Waals surface area contributed by atoms with Gasteiger partial charge < -0.3 is 35.0 Å². The van der Waals surface area contributed by atoms with Gasteiger partial charge in [-0.15, -0.1) is 0 Å². The lowest BCUT2D eigenvalue weighted by molar-refractivity contribution is -0.286. The number of benzene rings is 1. The second-order valence-corrected chi connectivity index (χ2v) is 7.45. The summed E-state index contributed by atoms with van der Waals surface area (Å²) in [6.45, 7) is 1.56. The Morgan fingerprint density at radius 3 is 2.40 bits per heavy atom. The van der Waals surface area contributed by atoms with Crippen molar-refractivity contribution in [3.8, 4) is 5.75 Å². The van der Waals surface area contributed by atoms with Crippen molar-refractivity contribution in [3.05, 3.63) is 29.3 Å². The van der Waals surface area contributed by atoms with E-state index in [1.807, 2.05) is 0 Å². The van der Waals surface area contributed by atoms with Crippen LogP contribution in [0.2, 0.25) is 0 Å². The highest BCUT2D eigenvalue weighted by Gasteiger charge is 2.43. The molecule has 168 valence electrons. The monoisotopic (exact) mass is 426 g/mol. The quantitative estimate of drug-likeness (QED) is 0.208. The third-order valence-electron chi connectivity index (χ3n) is 5.11. The largest absolute Gasteiger partial charge is 0.507 e. The summed E-state index contributed by atoms with van der Waals surface area (Å²) in [7, 11) is 0. The molecule has 1 aromatic carbocycles. The van der Waals surface area contributed by atoms with Crippen molar-refractivity contribution in [1.82, 2.24) is 0 Å². The first-order valence-corrected chi connectivity index (χ1v) is 10.2. The number of phenols is 1. The first-order valence-electron chi connectivity index (χ1n) is 10.2. The van der Waals surface area contributed by atoms with E-state index in [0.717, 1.165) is 32.1 Å². The van der Waals surface area contributed by atoms with Crippen molar-refractivity contribution in [1.29, 1.82) is 0 Å². The fourth-order valence-electron chi connectivity index (χ4n) is 3.21. The van der Waals surface area contributed by atoms with Crippen LogP contribution >= 0.6 is 0 Å². The van der Waals surface area contributed by atoms with Gasteiger partial charge >= 0.3 is 5.97 Å². The fraction of sp³-hybridized carbons (Fsp3) is 0.619. The van der Waals surface area contributed by atoms with E-state index in [4.69, 9.17) is 9.47 Å². The minimum absolute atomic E-state index is 0.146. The predicted octanol–water partition coefficient (Wildman–Crippen LogP) is 0.892. The number of aromatic hydroxyl groups is 1. The van der Waals surface area contributed by atoms with Crippen LogP contribution in [0.4, 0.5) is 0 Å². The predicted molar refractivity (Wildman–Crippen MR) is 105 cm³/mol. The maximum atomic E-state index is 12.3. The van der Waals surface area contributed by atoms with E-state index in [2.05, 4.69) is 6.92 Å². The van der Waals surface area contributed by atoms with Crippen molar-refractivity contribution in [2.45, 2.75) is 76.2 Å². The number of unbranched alkanes of at least 4 members (excludes halogenated alkanes) is 4. The number of carbonyl (C=O) groups excluding carboxylic acids is 2. The Hall–Kier alpha value is -2.04. The van der Waals surface area contributed by atoms with Crippen LogP contribution in [0.1, 0.15) is 66.2 Å². The molecule has 0 spiro atoms. The first kappa shape index (κ1) is 24.2. The number of hydrogen-bond acceptors (Lipinski definition) is 9. The van der Waals surface area contributed by atoms with Gasteiger partial charge in [0.05, 0.1) is 0 Å². The third kappa shape index (κ3) is 6.23. The lowest BCUT2D eigenvalue weighted by Crippen LogP contribution is -2.58. The van der Waals surface area contributed by atoms with Crippen molar-refractivity contribution in [2.75, 3.05) is 6.61 Å². The van der Waals surface area contributed by atoms with Crippen molar-refractivity contribution < 1.29 is 44.6 Å². The molecule has 9 nitrogen and oxygen atoms in total. The molecule has 0 saturated carbocycles. The van der Waals surface area contributed by atoms with E-state index in [1.165, 1.54) is 18.2 Å². The molecule has 2 rings (SSSR count). The molecule has 0 radical (unpaired) electrons. The molecule has 0 bridgehead atoms. The normalized spacial score (nSPS) is 26.4. The third-order valence-corrected chi connectivity index (χ3v) is 5.11. The molecule has 1 saturated heterocycles. The summed E-state index contributed by atoms with van der Waals surface area (Å²) in [6, 6.07) is 3.91. The minimum atomic E-state index is -1.75. The maximum absolute atomic E-state index is 12.3. The van der Waals surface area contributed by atoms with Gasteiger partial charge in [0, 0.05) is 12.0 Å². The Morgan fingerprint density at radius 1 is 1.00 bits per heavy atom. The molecular formula is C21H30O9. The van der Waals surface area contributed by atoms with Crippen LogP contribution in [0.25, 0.3) is 0 Å². The lowest BCUT2D eigenvalue weighted by atomic mass is 9.99. The van der Waals surface area contributed by atoms with Gasteiger partial charge in [0.2, 0.25) is 0 Å². The maximum Gasteiger partial charge on any atom is 0.342 e. The average molecular weight is 426 g/mol. The van der Waals surface area contributed by atoms with Crippen molar-refractivity contribution >= 4 is 11.8 Å². The summed E-state index contributed by atoms with van der Waals surface area (Å²) in [6.07, 6.45) is -2.67. The van der Waals surface area contributed by atoms with E-state index < -0.39 is 43.3 Å². The van der Waals surface area contributed by atoms with Crippen LogP contribution in [-0.2, 0) is 9.47 Å². The van der Waals surface area contributed by atoms with E-state index in [9.17, 15) is 35.1 Å². The molecule has 1 aliphatic rings. The number of phenolic OH excluding ortho intramolecular Hbond substituents is 1. The number of ether oxygens (including phenoxy) is 2. The van der Waals surface area contributed by atoms with Gasteiger partial charge in [0.1, 0.15) is 42.3 Å². The summed E-state index contributed by atoms with van der Waals surface area (Å²) >= 11 is 0. The Kier molecular flexibility index (Phi) is 9.19. The molecule has 1 fully saturated rings. The zero-order chi connectivity index (χ0) is 22.3. The smallest absolute Gasteiger partial charge is 0.342 e. The van der Waals surface area contributed by atoms with E-state index >= 15 is 0 Å². The fourth-order valence-corrected chi connectivity index (χ4v) is 3.21. The summed E-state index contributed by atoms with van der Waals surface area (Å²) in [5.74, 6) is -1.48. The molecule has 5 unspecified atom stereocenters. The van der Waals surface area contributed by atoms with Gasteiger partial charge in [-0.3, -0.25) is 4.79 Å². The Bertz CT molecular complexity index is 720. The molecule has 5 atom stereocenters. The molecule has 30 heavy (non-hydrogen) atoms. The van der Waals surface area contributed by atoms with Crippen LogP contribution in [0, 0.1) is 0 Å². The SMILES string of the molecule is CCCCCCCC(=O)c1ccc(O)c(C(=O)OCC2OC(O)C(O)C(O)C2O)c1. The van der Waals surface area contributed by atoms with Crippen LogP contribution in [-0.4, -0.2) is 74.6 Å². The number of esters is 1. The van der Waals surface area contributed by atoms with E-state index in [1.54, 1.807) is 0 Å². The highest BCUT2D eigenvalue weighted by molar-refractivity contribution is 6.00. The number of rotatable bonds is 10. The molecular weight excluding hydrogens is 396 g/mol. The zero-order valence-electron chi connectivity index (χ0n) is 16.9. The van der Waals surface area contributed by atoms with Crippen molar-refractivity contribution in [2.24, 2.45) is 0 Å². The highest BCUT2D eigenvalue weighted by atomic mass is 16.6. The number of hydrogen-bond donors (Lipinski definition) is 5.